The van der Waals surface area contributed by atoms with Crippen LogP contribution in [-0.4, -0.2) is 12.5 Å². The van der Waals surface area contributed by atoms with Crippen LogP contribution in [-0.2, 0) is 23.7 Å². The lowest BCUT2D eigenvalue weighted by Gasteiger charge is -2.35. The van der Waals surface area contributed by atoms with Crippen LogP contribution in [0.3, 0.4) is 0 Å². The van der Waals surface area contributed by atoms with Crippen molar-refractivity contribution in [1.29, 1.82) is 0 Å². The highest BCUT2D eigenvalue weighted by Gasteiger charge is 2.38. The molecule has 1 unspecified atom stereocenters. The minimum absolute atomic E-state index is 0.147. The van der Waals surface area contributed by atoms with Crippen molar-refractivity contribution in [2.24, 2.45) is 0 Å². The van der Waals surface area contributed by atoms with Gasteiger partial charge in [-0.2, -0.15) is 9.24 Å². The zero-order valence-corrected chi connectivity index (χ0v) is 25.8. The minimum Gasteiger partial charge on any atom is -0.158 e. The Morgan fingerprint density at radius 1 is 0.703 bits per heavy atom. The summed E-state index contributed by atoms with van der Waals surface area (Å²) in [4.78, 5) is 0. The molecule has 3 aromatic carbocycles. The maximum Gasteiger partial charge on any atom is 0.0481 e. The smallest absolute Gasteiger partial charge is 0.0481 e. The summed E-state index contributed by atoms with van der Waals surface area (Å²) in [5.74, 6) is 0. The van der Waals surface area contributed by atoms with E-state index in [-0.39, 0.29) is 16.1 Å². The second-order valence-corrected chi connectivity index (χ2v) is 19.0. The van der Waals surface area contributed by atoms with Gasteiger partial charge in [-0.1, -0.05) is 112 Å². The van der Waals surface area contributed by atoms with Crippen LogP contribution in [0.1, 0.15) is 93.5 Å². The predicted octanol–water partition coefficient (Wildman–Crippen LogP) is 10.8. The summed E-state index contributed by atoms with van der Waals surface area (Å²) in [5, 5.41) is 0.278. The van der Waals surface area contributed by atoms with Gasteiger partial charge in [0.2, 0.25) is 0 Å². The molecule has 3 aromatic rings. The van der Waals surface area contributed by atoms with Crippen molar-refractivity contribution >= 4 is 26.0 Å². The van der Waals surface area contributed by atoms with Crippen molar-refractivity contribution in [2.75, 3.05) is 12.5 Å². The highest BCUT2D eigenvalue weighted by Crippen LogP contribution is 2.67. The molecule has 5 rings (SSSR count). The van der Waals surface area contributed by atoms with Crippen LogP contribution in [0.25, 0.3) is 28.3 Å². The molecule has 0 nitrogen and oxygen atoms in total. The molecule has 1 atom stereocenters. The van der Waals surface area contributed by atoms with Gasteiger partial charge >= 0.3 is 0 Å². The van der Waals surface area contributed by atoms with Crippen LogP contribution in [0, 0.1) is 0 Å². The Morgan fingerprint density at radius 3 is 1.57 bits per heavy atom. The molecule has 0 saturated heterocycles. The zero-order valence-electron chi connectivity index (χ0n) is 24.2. The molecule has 196 valence electrons. The number of benzene rings is 3. The first kappa shape index (κ1) is 26.6. The molecule has 0 spiro atoms. The summed E-state index contributed by atoms with van der Waals surface area (Å²) >= 11 is 0. The summed E-state index contributed by atoms with van der Waals surface area (Å²) in [5.41, 5.74) is 16.1. The molecule has 0 N–H and O–H groups in total. The van der Waals surface area contributed by atoms with Gasteiger partial charge in [0.25, 0.3) is 0 Å². The number of fused-ring (bicyclic) bond motifs is 2. The number of rotatable bonds is 3. The summed E-state index contributed by atoms with van der Waals surface area (Å²) < 4.78 is 0. The van der Waals surface area contributed by atoms with Gasteiger partial charge in [-0.15, -0.1) is 0 Å². The van der Waals surface area contributed by atoms with Crippen LogP contribution in [0.4, 0.5) is 0 Å². The van der Waals surface area contributed by atoms with Crippen LogP contribution < -0.4 is 0 Å². The van der Waals surface area contributed by atoms with Crippen molar-refractivity contribution in [3.63, 3.8) is 0 Å². The first-order valence-electron chi connectivity index (χ1n) is 13.7. The van der Waals surface area contributed by atoms with Crippen molar-refractivity contribution in [3.05, 3.63) is 87.5 Å². The average Bonchev–Trinajstić information content (AvgIpc) is 3.40. The number of hydrogen-bond donors (Lipinski definition) is 0. The molecule has 0 bridgehead atoms. The first-order chi connectivity index (χ1) is 17.2. The third-order valence-electron chi connectivity index (χ3n) is 8.34. The second-order valence-electron chi connectivity index (χ2n) is 13.6. The summed E-state index contributed by atoms with van der Waals surface area (Å²) in [6.45, 7) is 16.0. The molecule has 2 aliphatic carbocycles. The maximum absolute atomic E-state index is 7.27. The fourth-order valence-electron chi connectivity index (χ4n) is 6.50. The molecular weight excluding hydrogens is 488 g/mol. The van der Waals surface area contributed by atoms with Gasteiger partial charge in [0.05, 0.1) is 0 Å². The van der Waals surface area contributed by atoms with Crippen molar-refractivity contribution in [2.45, 2.75) is 83.8 Å². The van der Waals surface area contributed by atoms with Crippen LogP contribution in [0.5, 0.6) is 0 Å². The topological polar surface area (TPSA) is 0 Å². The van der Waals surface area contributed by atoms with Gasteiger partial charge in [0.1, 0.15) is 0 Å². The second kappa shape index (κ2) is 9.06. The lowest BCUT2D eigenvalue weighted by atomic mass is 9.81. The minimum atomic E-state index is -1.37. The quantitative estimate of drug-likeness (QED) is 0.316. The van der Waals surface area contributed by atoms with E-state index in [1.807, 2.05) is 0 Å². The van der Waals surface area contributed by atoms with Crippen LogP contribution in [0.15, 0.2) is 54.1 Å². The molecule has 0 radical (unpaired) electrons. The monoisotopic (exact) mass is 530 g/mol. The summed E-state index contributed by atoms with van der Waals surface area (Å²) in [6.07, 6.45) is 10.5. The predicted molar refractivity (Wildman–Crippen MR) is 168 cm³/mol. The molecule has 2 heteroatoms. The summed E-state index contributed by atoms with van der Waals surface area (Å²) in [6, 6.07) is 18.8. The zero-order chi connectivity index (χ0) is 26.9. The van der Waals surface area contributed by atoms with E-state index < -0.39 is 9.24 Å². The van der Waals surface area contributed by atoms with Crippen LogP contribution >= 0.6 is 19.9 Å². The number of hydrogen-bond acceptors (Lipinski definition) is 0. The van der Waals surface area contributed by atoms with E-state index in [0.29, 0.717) is 0 Å². The molecule has 0 fully saturated rings. The van der Waals surface area contributed by atoms with Crippen molar-refractivity contribution in [3.8, 4) is 22.3 Å². The molecule has 0 aromatic heterocycles. The Morgan fingerprint density at radius 2 is 1.14 bits per heavy atom. The van der Waals surface area contributed by atoms with Crippen molar-refractivity contribution < 1.29 is 0 Å². The van der Waals surface area contributed by atoms with Gasteiger partial charge < -0.3 is 0 Å². The molecule has 37 heavy (non-hydrogen) atoms. The molecule has 2 aliphatic rings. The maximum atomic E-state index is 7.27. The number of halogens is 1. The van der Waals surface area contributed by atoms with Gasteiger partial charge in [0, 0.05) is 5.25 Å². The Labute approximate surface area is 231 Å². The van der Waals surface area contributed by atoms with Gasteiger partial charge in [-0.05, 0) is 105 Å². The van der Waals surface area contributed by atoms with E-state index in [4.69, 9.17) is 10.7 Å². The molecule has 0 heterocycles. The molecule has 0 saturated carbocycles. The largest absolute Gasteiger partial charge is 0.158 e. The highest BCUT2D eigenvalue weighted by atomic mass is 35.7. The van der Waals surface area contributed by atoms with Gasteiger partial charge in [-0.3, -0.25) is 0 Å². The SMILES string of the molecule is CC1=Cc2c(-c3ccc(C(C)(C)C)cc3)c3c(c(-c4ccc(C(C)(C)C)cc4)c2C1S(C)(C)Cl)CCC3. The Kier molecular flexibility index (Phi) is 6.52. The molecule has 0 aliphatic heterocycles. The fourth-order valence-corrected chi connectivity index (χ4v) is 8.95. The normalized spacial score (nSPS) is 18.0. The van der Waals surface area contributed by atoms with Crippen LogP contribution in [0.2, 0.25) is 0 Å². The third-order valence-corrected chi connectivity index (χ3v) is 10.6. The Bertz CT molecular complexity index is 1370. The highest BCUT2D eigenvalue weighted by molar-refractivity contribution is 8.50. The Balaban J connectivity index is 1.80. The van der Waals surface area contributed by atoms with Gasteiger partial charge in [0.15, 0.2) is 0 Å². The van der Waals surface area contributed by atoms with E-state index >= 15 is 0 Å². The summed E-state index contributed by atoms with van der Waals surface area (Å²) in [7, 11) is 5.90. The lowest BCUT2D eigenvalue weighted by Crippen LogP contribution is -2.11. The average molecular weight is 531 g/mol. The van der Waals surface area contributed by atoms with E-state index in [2.05, 4.69) is 116 Å². The molecular formula is C35H43ClS. The molecule has 0 amide bonds. The van der Waals surface area contributed by atoms with E-state index in [1.165, 1.54) is 56.5 Å². The standard InChI is InChI=1S/C35H43ClS/c1-22-21-29-30(23-13-17-25(18-14-23)34(2,3)4)27-11-10-12-28(27)31(32(29)33(22)37(8,9)36)24-15-19-26(20-16-24)35(5,6)7/h13-21,33H,10-12H2,1-9H3. The Hall–Kier alpha value is -1.96. The fraction of sp³-hybridized carbons (Fsp3) is 0.429. The van der Waals surface area contributed by atoms with E-state index in [9.17, 15) is 0 Å². The first-order valence-corrected chi connectivity index (χ1v) is 17.0. The van der Waals surface area contributed by atoms with E-state index in [0.717, 1.165) is 12.8 Å². The lowest BCUT2D eigenvalue weighted by molar-refractivity contribution is 0.590. The van der Waals surface area contributed by atoms with Crippen molar-refractivity contribution in [1.82, 2.24) is 0 Å². The van der Waals surface area contributed by atoms with E-state index in [1.54, 1.807) is 11.1 Å². The van der Waals surface area contributed by atoms with Gasteiger partial charge in [-0.25, -0.2) is 0 Å². The third kappa shape index (κ3) is 4.72.